The molecule has 0 fully saturated rings. The summed E-state index contributed by atoms with van der Waals surface area (Å²) < 4.78 is 2.66. The van der Waals surface area contributed by atoms with Crippen molar-refractivity contribution in [3.8, 4) is 22.5 Å². The smallest absolute Gasteiger partial charge is 0.116 e. The molecule has 34 heavy (non-hydrogen) atoms. The van der Waals surface area contributed by atoms with Crippen LogP contribution >= 0.6 is 35.3 Å². The number of benzene rings is 2. The van der Waals surface area contributed by atoms with Crippen LogP contribution in [0.15, 0.2) is 53.0 Å². The molecule has 3 aromatic heterocycles. The highest BCUT2D eigenvalue weighted by molar-refractivity contribution is 7.80. The fraction of sp³-hybridized carbons (Fsp3) is 0.310. The number of fused-ring (bicyclic) bond motifs is 2. The maximum Gasteiger partial charge on any atom is 0.116 e. The Kier molecular flexibility index (Phi) is 6.07. The molecule has 0 unspecified atom stereocenters. The van der Waals surface area contributed by atoms with Crippen LogP contribution in [-0.2, 0) is 11.8 Å². The molecule has 0 bridgehead atoms. The van der Waals surface area contributed by atoms with Gasteiger partial charge in [-0.15, -0.1) is 35.3 Å². The first-order chi connectivity index (χ1) is 16.1. The van der Waals surface area contributed by atoms with Gasteiger partial charge in [-0.25, -0.2) is 9.97 Å². The van der Waals surface area contributed by atoms with E-state index in [1.54, 1.807) is 6.33 Å². The number of thiophene rings is 2. The van der Waals surface area contributed by atoms with E-state index >= 15 is 0 Å². The second kappa shape index (κ2) is 8.78. The van der Waals surface area contributed by atoms with Gasteiger partial charge in [0.2, 0.25) is 0 Å². The lowest BCUT2D eigenvalue weighted by Crippen LogP contribution is -2.11. The van der Waals surface area contributed by atoms with Crippen molar-refractivity contribution in [1.82, 2.24) is 9.97 Å². The van der Waals surface area contributed by atoms with E-state index in [1.165, 1.54) is 36.2 Å². The molecule has 0 atom stereocenters. The number of hydrogen-bond acceptors (Lipinski definition) is 5. The maximum atomic E-state index is 5.04. The summed E-state index contributed by atoms with van der Waals surface area (Å²) in [6.45, 7) is 13.6. The molecule has 0 radical (unpaired) electrons. The van der Waals surface area contributed by atoms with E-state index in [-0.39, 0.29) is 5.41 Å². The fourth-order valence-electron chi connectivity index (χ4n) is 4.74. The minimum absolute atomic E-state index is 0.0390. The average molecular weight is 503 g/mol. The molecule has 2 nitrogen and oxygen atoms in total. The molecule has 0 aliphatic heterocycles. The van der Waals surface area contributed by atoms with Gasteiger partial charge in [0, 0.05) is 30.8 Å². The Hall–Kier alpha value is -2.21. The third kappa shape index (κ3) is 4.08. The van der Waals surface area contributed by atoms with Crippen LogP contribution in [0.3, 0.4) is 0 Å². The van der Waals surface area contributed by atoms with E-state index < -0.39 is 0 Å². The molecule has 0 spiro atoms. The van der Waals surface area contributed by atoms with E-state index in [0.717, 1.165) is 33.8 Å². The van der Waals surface area contributed by atoms with Gasteiger partial charge >= 0.3 is 0 Å². The molecule has 2 aromatic carbocycles. The lowest BCUT2D eigenvalue weighted by Gasteiger charge is -2.21. The van der Waals surface area contributed by atoms with Crippen LogP contribution < -0.4 is 0 Å². The van der Waals surface area contributed by atoms with Gasteiger partial charge in [-0.3, -0.25) is 0 Å². The summed E-state index contributed by atoms with van der Waals surface area (Å²) in [5, 5.41) is 4.75. The van der Waals surface area contributed by atoms with Crippen molar-refractivity contribution in [2.45, 2.75) is 58.3 Å². The minimum atomic E-state index is 0.0390. The molecule has 0 aliphatic carbocycles. The van der Waals surface area contributed by atoms with Crippen LogP contribution in [0.1, 0.15) is 50.6 Å². The van der Waals surface area contributed by atoms with Crippen molar-refractivity contribution >= 4 is 55.5 Å². The molecule has 0 saturated heterocycles. The van der Waals surface area contributed by atoms with Gasteiger partial charge in [0.05, 0.1) is 16.3 Å². The van der Waals surface area contributed by atoms with Crippen LogP contribution in [-0.4, -0.2) is 9.97 Å². The van der Waals surface area contributed by atoms with Crippen molar-refractivity contribution in [2.24, 2.45) is 5.92 Å². The molecular formula is C29H30N2S3. The highest BCUT2D eigenvalue weighted by atomic mass is 32.1. The van der Waals surface area contributed by atoms with E-state index in [2.05, 4.69) is 83.3 Å². The Bertz CT molecular complexity index is 1520. The number of hydrogen-bond donors (Lipinski definition) is 1. The van der Waals surface area contributed by atoms with Crippen LogP contribution in [0.2, 0.25) is 0 Å². The first kappa shape index (κ1) is 23.5. The lowest BCUT2D eigenvalue weighted by molar-refractivity contribution is 0.597. The topological polar surface area (TPSA) is 25.8 Å². The molecular weight excluding hydrogens is 473 g/mol. The summed E-state index contributed by atoms with van der Waals surface area (Å²) >= 11 is 8.72. The SMILES string of the molecule is Cc1sc2cccc(-c3ncnc(-c4cc(C(C)(C)C)c5sccc5c4)c3S)c2c1CC(C)C. The predicted octanol–water partition coefficient (Wildman–Crippen LogP) is 9.33. The normalized spacial score (nSPS) is 12.4. The molecule has 3 heterocycles. The standard InChI is InChI=1S/C29H30N2S3/c1-16(2)12-21-17(3)34-23-9-7-8-20(24(21)23)26-27(32)25(30-15-31-26)19-13-18-10-11-33-28(18)22(14-19)29(4,5)6/h7-11,13-16,32H,12H2,1-6H3. The lowest BCUT2D eigenvalue weighted by atomic mass is 9.85. The Labute approximate surface area is 215 Å². The van der Waals surface area contributed by atoms with E-state index in [9.17, 15) is 0 Å². The molecule has 5 aromatic rings. The molecule has 5 rings (SSSR count). The largest absolute Gasteiger partial charge is 0.235 e. The molecule has 174 valence electrons. The maximum absolute atomic E-state index is 5.04. The van der Waals surface area contributed by atoms with Gasteiger partial charge in [0.1, 0.15) is 6.33 Å². The van der Waals surface area contributed by atoms with E-state index in [4.69, 9.17) is 22.6 Å². The Morgan fingerprint density at radius 1 is 1.03 bits per heavy atom. The zero-order valence-electron chi connectivity index (χ0n) is 20.6. The zero-order valence-corrected chi connectivity index (χ0v) is 23.1. The van der Waals surface area contributed by atoms with Gasteiger partial charge in [-0.1, -0.05) is 46.8 Å². The second-order valence-corrected chi connectivity index (χ2v) is 13.1. The number of aryl methyl sites for hydroxylation is 1. The van der Waals surface area contributed by atoms with E-state index in [1.807, 2.05) is 22.7 Å². The van der Waals surface area contributed by atoms with Crippen molar-refractivity contribution in [3.05, 3.63) is 64.1 Å². The van der Waals surface area contributed by atoms with Crippen LogP contribution in [0.25, 0.3) is 42.7 Å². The molecule has 0 saturated carbocycles. The quantitative estimate of drug-likeness (QED) is 0.248. The number of aromatic nitrogens is 2. The van der Waals surface area contributed by atoms with Gasteiger partial charge in [0.15, 0.2) is 0 Å². The summed E-state index contributed by atoms with van der Waals surface area (Å²) in [7, 11) is 0. The van der Waals surface area contributed by atoms with Crippen molar-refractivity contribution < 1.29 is 0 Å². The summed E-state index contributed by atoms with van der Waals surface area (Å²) in [4.78, 5) is 11.7. The van der Waals surface area contributed by atoms with Gasteiger partial charge < -0.3 is 0 Å². The molecule has 0 aliphatic rings. The van der Waals surface area contributed by atoms with Crippen LogP contribution in [0.5, 0.6) is 0 Å². The molecule has 0 N–H and O–H groups in total. The first-order valence-corrected chi connectivity index (χ1v) is 13.9. The van der Waals surface area contributed by atoms with Crippen molar-refractivity contribution in [2.75, 3.05) is 0 Å². The van der Waals surface area contributed by atoms with Gasteiger partial charge in [-0.2, -0.15) is 0 Å². The third-order valence-electron chi connectivity index (χ3n) is 6.34. The zero-order chi connectivity index (χ0) is 24.2. The number of nitrogens with zero attached hydrogens (tertiary/aromatic N) is 2. The van der Waals surface area contributed by atoms with E-state index in [0.29, 0.717) is 5.92 Å². The Morgan fingerprint density at radius 3 is 2.53 bits per heavy atom. The Balaban J connectivity index is 1.74. The second-order valence-electron chi connectivity index (χ2n) is 10.4. The van der Waals surface area contributed by atoms with Crippen molar-refractivity contribution in [3.63, 3.8) is 0 Å². The first-order valence-electron chi connectivity index (χ1n) is 11.7. The highest BCUT2D eigenvalue weighted by Gasteiger charge is 2.22. The van der Waals surface area contributed by atoms with Crippen LogP contribution in [0, 0.1) is 12.8 Å². The van der Waals surface area contributed by atoms with Crippen LogP contribution in [0.4, 0.5) is 0 Å². The monoisotopic (exact) mass is 502 g/mol. The average Bonchev–Trinajstić information content (AvgIpc) is 3.36. The summed E-state index contributed by atoms with van der Waals surface area (Å²) in [5.74, 6) is 0.592. The van der Waals surface area contributed by atoms with Gasteiger partial charge in [0.25, 0.3) is 0 Å². The molecule has 0 amide bonds. The highest BCUT2D eigenvalue weighted by Crippen LogP contribution is 2.43. The summed E-state index contributed by atoms with van der Waals surface area (Å²) in [6.07, 6.45) is 2.76. The predicted molar refractivity (Wildman–Crippen MR) is 153 cm³/mol. The summed E-state index contributed by atoms with van der Waals surface area (Å²) in [5.41, 5.74) is 6.87. The molecule has 5 heteroatoms. The number of thiol groups is 1. The Morgan fingerprint density at radius 2 is 1.79 bits per heavy atom. The van der Waals surface area contributed by atoms with Gasteiger partial charge in [-0.05, 0) is 70.8 Å². The minimum Gasteiger partial charge on any atom is -0.235 e. The summed E-state index contributed by atoms with van der Waals surface area (Å²) in [6, 6.07) is 13.3. The number of rotatable bonds is 4. The third-order valence-corrected chi connectivity index (χ3v) is 8.84. The fourth-order valence-corrected chi connectivity index (χ4v) is 7.34. The van der Waals surface area contributed by atoms with Crippen molar-refractivity contribution in [1.29, 1.82) is 0 Å².